The molecule has 0 spiro atoms. The maximum Gasteiger partial charge on any atom is 0.340 e. The fourth-order valence-electron chi connectivity index (χ4n) is 6.57. The Bertz CT molecular complexity index is 1090. The van der Waals surface area contributed by atoms with E-state index < -0.39 is 0 Å². The van der Waals surface area contributed by atoms with Gasteiger partial charge in [0.25, 0.3) is 0 Å². The molecule has 0 saturated carbocycles. The Morgan fingerprint density at radius 2 is 0.780 bits per heavy atom. The number of unbranched alkanes of at least 4 members (excludes halogenated alkanes) is 16. The molecule has 2 unspecified atom stereocenters. The van der Waals surface area contributed by atoms with Crippen molar-refractivity contribution in [2.75, 3.05) is 13.2 Å². The van der Waals surface area contributed by atoms with Gasteiger partial charge in [0.1, 0.15) is 0 Å². The molecule has 0 amide bonds. The van der Waals surface area contributed by atoms with Gasteiger partial charge in [-0.15, -0.1) is 22.7 Å². The summed E-state index contributed by atoms with van der Waals surface area (Å²) >= 11 is 10.3. The predicted molar refractivity (Wildman–Crippen MR) is 224 cm³/mol. The molecule has 2 aromatic rings. The number of rotatable bonds is 31. The normalized spacial score (nSPS) is 12.7. The molecule has 0 fully saturated rings. The lowest BCUT2D eigenvalue weighted by atomic mass is 9.95. The van der Waals surface area contributed by atoms with Crippen LogP contribution in [0.2, 0.25) is 0 Å². The lowest BCUT2D eigenvalue weighted by Crippen LogP contribution is -2.15. The van der Waals surface area contributed by atoms with Crippen molar-refractivity contribution in [2.45, 2.75) is 182 Å². The first-order valence-corrected chi connectivity index (χ1v) is 23.5. The predicted octanol–water partition coefficient (Wildman–Crippen LogP) is 16.0. The Labute approximate surface area is 330 Å². The number of thiophene rings is 2. The Morgan fingerprint density at radius 1 is 0.500 bits per heavy atom. The summed E-state index contributed by atoms with van der Waals surface area (Å²) in [5.74, 6) is 0.294. The minimum absolute atomic E-state index is 0.272. The summed E-state index contributed by atoms with van der Waals surface area (Å²) in [6.07, 6.45) is 29.8. The second-order valence-electron chi connectivity index (χ2n) is 14.3. The van der Waals surface area contributed by atoms with Crippen LogP contribution in [0.1, 0.15) is 203 Å². The quantitative estimate of drug-likeness (QED) is 0.0560. The molecule has 50 heavy (non-hydrogen) atoms. The van der Waals surface area contributed by atoms with E-state index in [0.717, 1.165) is 43.0 Å². The summed E-state index contributed by atoms with van der Waals surface area (Å²) in [6, 6.07) is 3.81. The Hall–Kier alpha value is -0.700. The number of carbonyl (C=O) groups excluding carboxylic acids is 2. The average molecular weight is 861 g/mol. The first kappa shape index (κ1) is 45.5. The molecule has 2 heterocycles. The Kier molecular flexibility index (Phi) is 26.1. The van der Waals surface area contributed by atoms with Crippen LogP contribution in [-0.2, 0) is 9.47 Å². The first-order valence-electron chi connectivity index (χ1n) is 20.3. The van der Waals surface area contributed by atoms with Gasteiger partial charge in [-0.25, -0.2) is 9.59 Å². The molecular weight excluding hydrogens is 792 g/mol. The van der Waals surface area contributed by atoms with Gasteiger partial charge in [0.2, 0.25) is 0 Å². The average Bonchev–Trinajstić information content (AvgIpc) is 3.70. The van der Waals surface area contributed by atoms with Gasteiger partial charge in [-0.3, -0.25) is 0 Å². The standard InChI is InChI=1S/C42H68Br2O4S2/c1-5-9-13-17-19-23-27-33(25-21-15-11-7-3)31-47-41(45)35-29-37(49-39(35)43)38-30-36(40(44)50-38)42(46)48-32-34(26-22-16-12-8-4)28-24-20-18-14-10-6-2/h29-30,33-34H,5-28,31-32H2,1-4H3. The molecule has 0 aliphatic rings. The molecule has 4 nitrogen and oxygen atoms in total. The number of carbonyl (C=O) groups is 2. The zero-order chi connectivity index (χ0) is 36.4. The third-order valence-electron chi connectivity index (χ3n) is 9.82. The van der Waals surface area contributed by atoms with Crippen molar-refractivity contribution in [3.05, 3.63) is 30.8 Å². The van der Waals surface area contributed by atoms with Crippen molar-refractivity contribution in [1.82, 2.24) is 0 Å². The summed E-state index contributed by atoms with van der Waals surface area (Å²) in [5.41, 5.74) is 1.12. The van der Waals surface area contributed by atoms with E-state index in [-0.39, 0.29) is 11.9 Å². The summed E-state index contributed by atoms with van der Waals surface area (Å²) in [7, 11) is 0. The third kappa shape index (κ3) is 18.9. The van der Waals surface area contributed by atoms with Gasteiger partial charge in [0.15, 0.2) is 0 Å². The highest BCUT2D eigenvalue weighted by atomic mass is 79.9. The van der Waals surface area contributed by atoms with Crippen LogP contribution < -0.4 is 0 Å². The molecule has 0 aromatic carbocycles. The van der Waals surface area contributed by atoms with Gasteiger partial charge in [-0.2, -0.15) is 0 Å². The molecule has 0 aliphatic carbocycles. The van der Waals surface area contributed by atoms with Crippen LogP contribution in [0.25, 0.3) is 9.75 Å². The largest absolute Gasteiger partial charge is 0.462 e. The van der Waals surface area contributed by atoms with Crippen LogP contribution in [0.5, 0.6) is 0 Å². The molecule has 286 valence electrons. The van der Waals surface area contributed by atoms with Gasteiger partial charge in [-0.05, 0) is 81.5 Å². The van der Waals surface area contributed by atoms with Crippen LogP contribution >= 0.6 is 54.5 Å². The molecule has 0 radical (unpaired) electrons. The van der Waals surface area contributed by atoms with Crippen LogP contribution in [-0.4, -0.2) is 25.2 Å². The number of halogens is 2. The van der Waals surface area contributed by atoms with Crippen molar-refractivity contribution < 1.29 is 19.1 Å². The highest BCUT2D eigenvalue weighted by Crippen LogP contribution is 2.42. The van der Waals surface area contributed by atoms with Crippen LogP contribution in [0.3, 0.4) is 0 Å². The van der Waals surface area contributed by atoms with Gasteiger partial charge in [-0.1, -0.05) is 156 Å². The molecule has 2 atom stereocenters. The van der Waals surface area contributed by atoms with Gasteiger partial charge in [0, 0.05) is 9.75 Å². The van der Waals surface area contributed by atoms with Gasteiger partial charge < -0.3 is 9.47 Å². The van der Waals surface area contributed by atoms with E-state index in [0.29, 0.717) is 36.2 Å². The second kappa shape index (κ2) is 28.8. The van der Waals surface area contributed by atoms with E-state index >= 15 is 0 Å². The summed E-state index contributed by atoms with van der Waals surface area (Å²) in [6.45, 7) is 9.97. The zero-order valence-electron chi connectivity index (χ0n) is 31.9. The van der Waals surface area contributed by atoms with Crippen molar-refractivity contribution in [3.8, 4) is 9.75 Å². The fourth-order valence-corrected chi connectivity index (χ4v) is 9.98. The highest BCUT2D eigenvalue weighted by Gasteiger charge is 2.23. The van der Waals surface area contributed by atoms with Crippen molar-refractivity contribution in [1.29, 1.82) is 0 Å². The Morgan fingerprint density at radius 3 is 1.10 bits per heavy atom. The smallest absolute Gasteiger partial charge is 0.340 e. The molecule has 0 aliphatic heterocycles. The maximum atomic E-state index is 13.3. The van der Waals surface area contributed by atoms with Crippen molar-refractivity contribution in [3.63, 3.8) is 0 Å². The van der Waals surface area contributed by atoms with Crippen LogP contribution in [0, 0.1) is 11.8 Å². The SMILES string of the molecule is CCCCCCCCC(CCCCCC)COC(=O)c1cc(-c2cc(C(=O)OCC(CCCCCC)CCCCCCCC)c(Br)s2)sc1Br. The first-order chi connectivity index (χ1) is 24.3. The number of hydrogen-bond acceptors (Lipinski definition) is 6. The molecule has 0 saturated heterocycles. The van der Waals surface area contributed by atoms with Gasteiger partial charge >= 0.3 is 11.9 Å². The van der Waals surface area contributed by atoms with E-state index in [4.69, 9.17) is 9.47 Å². The van der Waals surface area contributed by atoms with Crippen LogP contribution in [0.4, 0.5) is 0 Å². The minimum Gasteiger partial charge on any atom is -0.462 e. The van der Waals surface area contributed by atoms with E-state index in [1.165, 1.54) is 151 Å². The number of esters is 2. The van der Waals surface area contributed by atoms with Crippen molar-refractivity contribution >= 4 is 66.5 Å². The number of hydrogen-bond donors (Lipinski definition) is 0. The lowest BCUT2D eigenvalue weighted by Gasteiger charge is -2.17. The molecular formula is C42H68Br2O4S2. The fraction of sp³-hybridized carbons (Fsp3) is 0.762. The minimum atomic E-state index is -0.272. The van der Waals surface area contributed by atoms with E-state index in [1.807, 2.05) is 12.1 Å². The lowest BCUT2D eigenvalue weighted by molar-refractivity contribution is 0.0413. The summed E-state index contributed by atoms with van der Waals surface area (Å²) < 4.78 is 13.4. The summed E-state index contributed by atoms with van der Waals surface area (Å²) in [5, 5.41) is 0. The summed E-state index contributed by atoms with van der Waals surface area (Å²) in [4.78, 5) is 28.5. The highest BCUT2D eigenvalue weighted by molar-refractivity contribution is 9.11. The Balaban J connectivity index is 1.97. The van der Waals surface area contributed by atoms with E-state index in [2.05, 4.69) is 59.6 Å². The van der Waals surface area contributed by atoms with E-state index in [1.54, 1.807) is 0 Å². The van der Waals surface area contributed by atoms with Crippen molar-refractivity contribution in [2.24, 2.45) is 11.8 Å². The zero-order valence-corrected chi connectivity index (χ0v) is 36.7. The molecule has 2 aromatic heterocycles. The van der Waals surface area contributed by atoms with E-state index in [9.17, 15) is 9.59 Å². The molecule has 0 N–H and O–H groups in total. The topological polar surface area (TPSA) is 52.6 Å². The van der Waals surface area contributed by atoms with Crippen LogP contribution in [0.15, 0.2) is 19.7 Å². The molecule has 0 bridgehead atoms. The maximum absolute atomic E-state index is 13.3. The van der Waals surface area contributed by atoms with Gasteiger partial charge in [0.05, 0.1) is 31.9 Å². The monoisotopic (exact) mass is 858 g/mol. The molecule has 8 heteroatoms. The molecule has 2 rings (SSSR count). The second-order valence-corrected chi connectivity index (χ2v) is 19.1. The third-order valence-corrected chi connectivity index (χ3v) is 13.7. The number of ether oxygens (including phenoxy) is 2.